The molecule has 1 aliphatic heterocycles. The monoisotopic (exact) mass is 380 g/mol. The highest BCUT2D eigenvalue weighted by atomic mass is 19.1. The first kappa shape index (κ1) is 18.1. The van der Waals surface area contributed by atoms with E-state index < -0.39 is 0 Å². The fourth-order valence-electron chi connectivity index (χ4n) is 3.61. The van der Waals surface area contributed by atoms with Crippen LogP contribution in [0.2, 0.25) is 0 Å². The molecule has 0 unspecified atom stereocenters. The summed E-state index contributed by atoms with van der Waals surface area (Å²) < 4.78 is 23.9. The van der Waals surface area contributed by atoms with Crippen LogP contribution in [0.5, 0.6) is 11.5 Å². The van der Waals surface area contributed by atoms with Crippen LogP contribution in [0.1, 0.15) is 22.3 Å². The molecule has 2 heterocycles. The molecule has 5 nitrogen and oxygen atoms in total. The molecule has 4 rings (SSSR count). The normalized spacial score (nSPS) is 14.1. The summed E-state index contributed by atoms with van der Waals surface area (Å²) in [5.41, 5.74) is 3.57. The maximum atomic E-state index is 13.4. The van der Waals surface area contributed by atoms with E-state index in [2.05, 4.69) is 11.1 Å². The summed E-state index contributed by atoms with van der Waals surface area (Å²) in [5.74, 6) is 0.825. The largest absolute Gasteiger partial charge is 0.493 e. The number of fused-ring (bicyclic) bond motifs is 1. The fourth-order valence-corrected chi connectivity index (χ4v) is 3.61. The number of H-pyrrole nitrogens is 1. The van der Waals surface area contributed by atoms with Crippen molar-refractivity contribution in [2.45, 2.75) is 6.42 Å². The standard InChI is InChI=1S/C22H21FN2O3/c1-27-20-6-3-15(11-21(20)28-2)22(26)25-9-7-14(8-10-25)18-13-24-19-12-16(23)4-5-17(18)19/h3-7,11-13,24H,8-10H2,1-2H3. The van der Waals surface area contributed by atoms with Gasteiger partial charge in [0.05, 0.1) is 14.2 Å². The molecule has 0 atom stereocenters. The average molecular weight is 380 g/mol. The predicted molar refractivity (Wildman–Crippen MR) is 106 cm³/mol. The van der Waals surface area contributed by atoms with Gasteiger partial charge in [-0.2, -0.15) is 0 Å². The zero-order valence-corrected chi connectivity index (χ0v) is 15.8. The minimum absolute atomic E-state index is 0.0442. The summed E-state index contributed by atoms with van der Waals surface area (Å²) >= 11 is 0. The second kappa shape index (κ2) is 7.38. The summed E-state index contributed by atoms with van der Waals surface area (Å²) in [6.07, 6.45) is 4.71. The molecule has 1 aromatic heterocycles. The van der Waals surface area contributed by atoms with Crippen molar-refractivity contribution in [3.05, 3.63) is 65.6 Å². The highest BCUT2D eigenvalue weighted by molar-refractivity contribution is 5.96. The lowest BCUT2D eigenvalue weighted by atomic mass is 9.98. The van der Waals surface area contributed by atoms with E-state index in [4.69, 9.17) is 9.47 Å². The van der Waals surface area contributed by atoms with E-state index in [-0.39, 0.29) is 11.7 Å². The Morgan fingerprint density at radius 3 is 2.64 bits per heavy atom. The van der Waals surface area contributed by atoms with Gasteiger partial charge in [-0.25, -0.2) is 4.39 Å². The Bertz CT molecular complexity index is 1070. The number of rotatable bonds is 4. The number of nitrogens with zero attached hydrogens (tertiary/aromatic N) is 1. The Kier molecular flexibility index (Phi) is 4.77. The molecule has 1 aliphatic rings. The van der Waals surface area contributed by atoms with Gasteiger partial charge < -0.3 is 19.4 Å². The summed E-state index contributed by atoms with van der Waals surface area (Å²) in [4.78, 5) is 17.8. The van der Waals surface area contributed by atoms with Gasteiger partial charge in [0.2, 0.25) is 0 Å². The first-order valence-electron chi connectivity index (χ1n) is 9.08. The smallest absolute Gasteiger partial charge is 0.254 e. The molecule has 0 saturated heterocycles. The van der Waals surface area contributed by atoms with Crippen molar-refractivity contribution in [1.29, 1.82) is 0 Å². The van der Waals surface area contributed by atoms with E-state index in [9.17, 15) is 9.18 Å². The zero-order chi connectivity index (χ0) is 19.7. The topological polar surface area (TPSA) is 54.6 Å². The highest BCUT2D eigenvalue weighted by Gasteiger charge is 2.21. The molecule has 144 valence electrons. The van der Waals surface area contributed by atoms with E-state index in [0.29, 0.717) is 30.2 Å². The Hall–Kier alpha value is -3.28. The summed E-state index contributed by atoms with van der Waals surface area (Å²) in [7, 11) is 3.12. The molecular formula is C22H21FN2O3. The zero-order valence-electron chi connectivity index (χ0n) is 15.8. The van der Waals surface area contributed by atoms with Gasteiger partial charge in [0.1, 0.15) is 5.82 Å². The molecule has 2 aromatic carbocycles. The lowest BCUT2D eigenvalue weighted by Gasteiger charge is -2.27. The van der Waals surface area contributed by atoms with Gasteiger partial charge in [0.15, 0.2) is 11.5 Å². The number of nitrogens with one attached hydrogen (secondary N) is 1. The van der Waals surface area contributed by atoms with E-state index in [0.717, 1.165) is 28.5 Å². The summed E-state index contributed by atoms with van der Waals surface area (Å²) in [6, 6.07) is 9.94. The van der Waals surface area contributed by atoms with Gasteiger partial charge in [-0.1, -0.05) is 6.08 Å². The third-order valence-electron chi connectivity index (χ3n) is 5.12. The molecule has 0 saturated carbocycles. The lowest BCUT2D eigenvalue weighted by Crippen LogP contribution is -2.34. The van der Waals surface area contributed by atoms with Crippen molar-refractivity contribution in [1.82, 2.24) is 9.88 Å². The molecule has 3 aromatic rings. The molecule has 0 aliphatic carbocycles. The molecule has 0 bridgehead atoms. The van der Waals surface area contributed by atoms with Crippen molar-refractivity contribution in [3.8, 4) is 11.5 Å². The van der Waals surface area contributed by atoms with Gasteiger partial charge in [-0.05, 0) is 48.4 Å². The predicted octanol–water partition coefficient (Wildman–Crippen LogP) is 4.25. The molecular weight excluding hydrogens is 359 g/mol. The Morgan fingerprint density at radius 2 is 1.93 bits per heavy atom. The SMILES string of the molecule is COc1ccc(C(=O)N2CC=C(c3c[nH]c4cc(F)ccc34)CC2)cc1OC. The molecule has 6 heteroatoms. The molecule has 0 radical (unpaired) electrons. The van der Waals surface area contributed by atoms with Crippen molar-refractivity contribution in [3.63, 3.8) is 0 Å². The number of aromatic amines is 1. The number of benzene rings is 2. The average Bonchev–Trinajstić information content (AvgIpc) is 3.15. The van der Waals surface area contributed by atoms with Crippen LogP contribution in [0.4, 0.5) is 4.39 Å². The second-order valence-electron chi connectivity index (χ2n) is 6.69. The van der Waals surface area contributed by atoms with Crippen LogP contribution in [0.15, 0.2) is 48.7 Å². The quantitative estimate of drug-likeness (QED) is 0.736. The molecule has 1 N–H and O–H groups in total. The van der Waals surface area contributed by atoms with Crippen molar-refractivity contribution < 1.29 is 18.7 Å². The maximum absolute atomic E-state index is 13.4. The van der Waals surface area contributed by atoms with Crippen LogP contribution in [0.25, 0.3) is 16.5 Å². The van der Waals surface area contributed by atoms with Crippen LogP contribution in [-0.2, 0) is 0 Å². The number of aromatic nitrogens is 1. The van der Waals surface area contributed by atoms with Gasteiger partial charge in [0.25, 0.3) is 5.91 Å². The first-order valence-corrected chi connectivity index (χ1v) is 9.08. The number of methoxy groups -OCH3 is 2. The number of carbonyl (C=O) groups is 1. The second-order valence-corrected chi connectivity index (χ2v) is 6.69. The Labute approximate surface area is 162 Å². The highest BCUT2D eigenvalue weighted by Crippen LogP contribution is 2.31. The number of ether oxygens (including phenoxy) is 2. The van der Waals surface area contributed by atoms with Crippen LogP contribution >= 0.6 is 0 Å². The minimum atomic E-state index is -0.259. The third-order valence-corrected chi connectivity index (χ3v) is 5.12. The summed E-state index contributed by atoms with van der Waals surface area (Å²) in [5, 5.41) is 0.993. The Balaban J connectivity index is 1.54. The molecule has 28 heavy (non-hydrogen) atoms. The summed E-state index contributed by atoms with van der Waals surface area (Å²) in [6.45, 7) is 1.14. The number of hydrogen-bond acceptors (Lipinski definition) is 3. The van der Waals surface area contributed by atoms with Crippen molar-refractivity contribution in [2.24, 2.45) is 0 Å². The van der Waals surface area contributed by atoms with Gasteiger partial charge >= 0.3 is 0 Å². The van der Waals surface area contributed by atoms with E-state index in [1.54, 1.807) is 43.4 Å². The number of hydrogen-bond donors (Lipinski definition) is 1. The van der Waals surface area contributed by atoms with E-state index in [1.165, 1.54) is 12.1 Å². The number of amides is 1. The number of halogens is 1. The van der Waals surface area contributed by atoms with Crippen molar-refractivity contribution >= 4 is 22.4 Å². The van der Waals surface area contributed by atoms with Gasteiger partial charge in [-0.15, -0.1) is 0 Å². The van der Waals surface area contributed by atoms with Gasteiger partial charge in [-0.3, -0.25) is 4.79 Å². The lowest BCUT2D eigenvalue weighted by molar-refractivity contribution is 0.0772. The van der Waals surface area contributed by atoms with Crippen LogP contribution in [0, 0.1) is 5.82 Å². The first-order chi connectivity index (χ1) is 13.6. The Morgan fingerprint density at radius 1 is 1.11 bits per heavy atom. The maximum Gasteiger partial charge on any atom is 0.254 e. The van der Waals surface area contributed by atoms with Crippen LogP contribution < -0.4 is 9.47 Å². The fraction of sp³-hybridized carbons (Fsp3) is 0.227. The molecule has 0 spiro atoms. The minimum Gasteiger partial charge on any atom is -0.493 e. The third kappa shape index (κ3) is 3.22. The van der Waals surface area contributed by atoms with Crippen LogP contribution in [-0.4, -0.2) is 43.1 Å². The van der Waals surface area contributed by atoms with Gasteiger partial charge in [0, 0.05) is 41.3 Å². The van der Waals surface area contributed by atoms with Crippen LogP contribution in [0.3, 0.4) is 0 Å². The van der Waals surface area contributed by atoms with Crippen molar-refractivity contribution in [2.75, 3.05) is 27.3 Å². The van der Waals surface area contributed by atoms with E-state index >= 15 is 0 Å². The van der Waals surface area contributed by atoms with E-state index in [1.807, 2.05) is 6.20 Å². The molecule has 1 amide bonds. The number of carbonyl (C=O) groups excluding carboxylic acids is 1. The molecule has 0 fully saturated rings.